The molecule has 2 fully saturated rings. The summed E-state index contributed by atoms with van der Waals surface area (Å²) in [5.74, 6) is 0.954. The van der Waals surface area contributed by atoms with E-state index in [0.717, 1.165) is 23.5 Å². The van der Waals surface area contributed by atoms with Crippen LogP contribution < -0.4 is 9.93 Å². The minimum Gasteiger partial charge on any atom is -0.456 e. The number of nitrogens with zero attached hydrogens (tertiary/aromatic N) is 1. The molecule has 2 heterocycles. The topological polar surface area (TPSA) is 16.1 Å². The second-order valence-electron chi connectivity index (χ2n) is 9.70. The molecule has 5 rings (SSSR count). The van der Waals surface area contributed by atoms with Crippen LogP contribution in [-0.2, 0) is 0 Å². The molecular formula is C25H28NO+. The molecule has 2 nitrogen and oxygen atoms in total. The third kappa shape index (κ3) is 2.92. The second-order valence-corrected chi connectivity index (χ2v) is 9.70. The molecule has 1 saturated carbocycles. The normalized spacial score (nSPS) is 28.5. The third-order valence-electron chi connectivity index (χ3n) is 6.43. The lowest BCUT2D eigenvalue weighted by molar-refractivity contribution is 0.135. The summed E-state index contributed by atoms with van der Waals surface area (Å²) in [7, 11) is 0. The lowest BCUT2D eigenvalue weighted by Crippen LogP contribution is -2.37. The van der Waals surface area contributed by atoms with Gasteiger partial charge >= 0.3 is 0 Å². The molecule has 2 bridgehead atoms. The molecule has 0 N–H and O–H groups in total. The smallest absolute Gasteiger partial charge is 0.215 e. The highest BCUT2D eigenvalue weighted by Crippen LogP contribution is 2.50. The number of para-hydroxylation sites is 1. The fourth-order valence-corrected chi connectivity index (χ4v) is 5.84. The van der Waals surface area contributed by atoms with Gasteiger partial charge in [-0.25, -0.2) is 4.58 Å². The van der Waals surface area contributed by atoms with Gasteiger partial charge in [-0.1, -0.05) is 63.2 Å². The van der Waals surface area contributed by atoms with Crippen LogP contribution in [0.5, 0.6) is 0 Å². The first-order valence-corrected chi connectivity index (χ1v) is 10.1. The van der Waals surface area contributed by atoms with Gasteiger partial charge in [-0.15, -0.1) is 0 Å². The van der Waals surface area contributed by atoms with E-state index >= 15 is 0 Å². The molecule has 2 aliphatic rings. The Labute approximate surface area is 161 Å². The van der Waals surface area contributed by atoms with E-state index in [2.05, 4.69) is 86.0 Å². The molecule has 1 aliphatic carbocycles. The standard InChI is InChI=1S/C25H28NO/c1-24(2)14-19-15-25(3,16-24)17-26(19)21-13-23(18-9-5-4-6-10-18)27-22-12-8-7-11-20(21)22/h4-13,19H,14-17H2,1-3H3/q+1/t19-,25-/m1/s1. The largest absolute Gasteiger partial charge is 0.456 e. The first kappa shape index (κ1) is 16.8. The summed E-state index contributed by atoms with van der Waals surface area (Å²) in [6.07, 6.45) is 3.88. The number of hydrogen-bond acceptors (Lipinski definition) is 1. The highest BCUT2D eigenvalue weighted by Gasteiger charge is 2.53. The molecule has 3 aromatic rings. The summed E-state index contributed by atoms with van der Waals surface area (Å²) < 4.78 is 8.98. The second kappa shape index (κ2) is 5.82. The van der Waals surface area contributed by atoms with Crippen molar-refractivity contribution in [3.8, 4) is 11.3 Å². The van der Waals surface area contributed by atoms with E-state index in [1.165, 1.54) is 30.0 Å². The molecule has 27 heavy (non-hydrogen) atoms. The van der Waals surface area contributed by atoms with Crippen molar-refractivity contribution in [3.05, 3.63) is 66.0 Å². The highest BCUT2D eigenvalue weighted by atomic mass is 16.3. The van der Waals surface area contributed by atoms with Crippen LogP contribution in [-0.4, -0.2) is 12.6 Å². The van der Waals surface area contributed by atoms with Crippen molar-refractivity contribution in [2.75, 3.05) is 6.54 Å². The number of fused-ring (bicyclic) bond motifs is 3. The average molecular weight is 359 g/mol. The summed E-state index contributed by atoms with van der Waals surface area (Å²) in [5, 5.41) is 2.56. The molecule has 0 spiro atoms. The molecule has 0 unspecified atom stereocenters. The zero-order valence-electron chi connectivity index (χ0n) is 16.5. The maximum atomic E-state index is 6.30. The minimum absolute atomic E-state index is 0.410. The summed E-state index contributed by atoms with van der Waals surface area (Å²) in [5.41, 5.74) is 2.94. The summed E-state index contributed by atoms with van der Waals surface area (Å²) in [6, 6.07) is 21.8. The van der Waals surface area contributed by atoms with E-state index in [4.69, 9.17) is 4.42 Å². The lowest BCUT2D eigenvalue weighted by atomic mass is 9.65. The van der Waals surface area contributed by atoms with Crippen LogP contribution in [0.25, 0.3) is 22.3 Å². The fraction of sp³-hybridized carbons (Fsp3) is 0.400. The van der Waals surface area contributed by atoms with Crippen molar-refractivity contribution >= 4 is 11.0 Å². The Morgan fingerprint density at radius 3 is 2.48 bits per heavy atom. The van der Waals surface area contributed by atoms with Crippen LogP contribution >= 0.6 is 0 Å². The van der Waals surface area contributed by atoms with Crippen molar-refractivity contribution in [2.45, 2.75) is 46.1 Å². The van der Waals surface area contributed by atoms with Gasteiger partial charge < -0.3 is 4.42 Å². The van der Waals surface area contributed by atoms with E-state index in [0.29, 0.717) is 16.9 Å². The predicted molar refractivity (Wildman–Crippen MR) is 111 cm³/mol. The van der Waals surface area contributed by atoms with Crippen LogP contribution in [0.4, 0.5) is 0 Å². The highest BCUT2D eigenvalue weighted by molar-refractivity contribution is 5.78. The van der Waals surface area contributed by atoms with Crippen LogP contribution in [0.3, 0.4) is 0 Å². The molecule has 2 heteroatoms. The van der Waals surface area contributed by atoms with E-state index in [9.17, 15) is 0 Å². The Balaban J connectivity index is 1.79. The molecule has 0 radical (unpaired) electrons. The van der Waals surface area contributed by atoms with Crippen molar-refractivity contribution < 1.29 is 4.42 Å². The minimum atomic E-state index is 0.410. The zero-order chi connectivity index (χ0) is 18.6. The van der Waals surface area contributed by atoms with Gasteiger partial charge in [0.05, 0.1) is 11.5 Å². The Hall–Kier alpha value is -2.35. The number of benzene rings is 2. The Kier molecular flexibility index (Phi) is 3.62. The first-order valence-electron chi connectivity index (χ1n) is 10.1. The SMILES string of the molecule is CC1(C)C[C@@H]2C[C@@](C)(C[N+]2=c2cc(-c3ccccc3)oc3ccccc23)C1. The summed E-state index contributed by atoms with van der Waals surface area (Å²) in [6.45, 7) is 8.50. The summed E-state index contributed by atoms with van der Waals surface area (Å²) in [4.78, 5) is 0. The van der Waals surface area contributed by atoms with Crippen molar-refractivity contribution in [2.24, 2.45) is 10.8 Å². The van der Waals surface area contributed by atoms with Crippen LogP contribution in [0.15, 0.2) is 65.1 Å². The molecular weight excluding hydrogens is 330 g/mol. The van der Waals surface area contributed by atoms with Crippen LogP contribution in [0.1, 0.15) is 40.0 Å². The zero-order valence-corrected chi connectivity index (χ0v) is 16.5. The summed E-state index contributed by atoms with van der Waals surface area (Å²) >= 11 is 0. The van der Waals surface area contributed by atoms with Crippen LogP contribution in [0.2, 0.25) is 0 Å². The lowest BCUT2D eigenvalue weighted by Gasteiger charge is -2.36. The van der Waals surface area contributed by atoms with E-state index in [1.807, 2.05) is 0 Å². The van der Waals surface area contributed by atoms with Crippen molar-refractivity contribution in [1.82, 2.24) is 4.58 Å². The molecule has 1 aliphatic heterocycles. The Morgan fingerprint density at radius 2 is 1.67 bits per heavy atom. The Morgan fingerprint density at radius 1 is 0.926 bits per heavy atom. The van der Waals surface area contributed by atoms with Gasteiger partial charge in [0.15, 0.2) is 6.04 Å². The van der Waals surface area contributed by atoms with Gasteiger partial charge in [-0.2, -0.15) is 0 Å². The van der Waals surface area contributed by atoms with E-state index in [-0.39, 0.29) is 0 Å². The molecule has 1 saturated heterocycles. The monoisotopic (exact) mass is 358 g/mol. The molecule has 2 atom stereocenters. The van der Waals surface area contributed by atoms with E-state index < -0.39 is 0 Å². The average Bonchev–Trinajstić information content (AvgIpc) is 2.90. The predicted octanol–water partition coefficient (Wildman–Crippen LogP) is 5.47. The Bertz CT molecular complexity index is 1080. The molecule has 1 aromatic heterocycles. The first-order chi connectivity index (χ1) is 12.9. The molecule has 2 aromatic carbocycles. The van der Waals surface area contributed by atoms with Gasteiger partial charge in [0.2, 0.25) is 5.36 Å². The van der Waals surface area contributed by atoms with Gasteiger partial charge in [-0.3, -0.25) is 0 Å². The third-order valence-corrected chi connectivity index (χ3v) is 6.43. The van der Waals surface area contributed by atoms with Gasteiger partial charge in [0.1, 0.15) is 17.9 Å². The van der Waals surface area contributed by atoms with Crippen LogP contribution in [0, 0.1) is 10.8 Å². The quantitative estimate of drug-likeness (QED) is 0.527. The van der Waals surface area contributed by atoms with Gasteiger partial charge in [0, 0.05) is 23.8 Å². The maximum Gasteiger partial charge on any atom is 0.215 e. The fourth-order valence-electron chi connectivity index (χ4n) is 5.84. The van der Waals surface area contributed by atoms with Gasteiger partial charge in [-0.05, 0) is 24.0 Å². The van der Waals surface area contributed by atoms with Crippen molar-refractivity contribution in [1.29, 1.82) is 0 Å². The van der Waals surface area contributed by atoms with E-state index in [1.54, 1.807) is 0 Å². The molecule has 138 valence electrons. The maximum absolute atomic E-state index is 6.30. The van der Waals surface area contributed by atoms with Crippen molar-refractivity contribution in [3.63, 3.8) is 0 Å². The molecule has 0 amide bonds. The van der Waals surface area contributed by atoms with Gasteiger partial charge in [0.25, 0.3) is 0 Å². The number of hydrogen-bond donors (Lipinski definition) is 0. The number of rotatable bonds is 1.